The number of fused-ring (bicyclic) bond motifs is 5. The number of ketones is 3. The first-order chi connectivity index (χ1) is 15.5. The fourth-order valence-electron chi connectivity index (χ4n) is 7.39. The van der Waals surface area contributed by atoms with Crippen LogP contribution in [0, 0.1) is 34.5 Å². The van der Waals surface area contributed by atoms with Crippen LogP contribution in [-0.4, -0.2) is 57.7 Å². The number of aliphatic carboxylic acids is 1. The molecule has 0 aromatic rings. The van der Waals surface area contributed by atoms with E-state index in [4.69, 9.17) is 0 Å². The van der Waals surface area contributed by atoms with E-state index in [1.807, 2.05) is 6.92 Å². The normalized spacial score (nSPS) is 40.9. The first-order valence-corrected chi connectivity index (χ1v) is 12.8. The number of nitrogens with one attached hydrogen (secondary N) is 1. The second kappa shape index (κ2) is 8.64. The molecular formula is C24H31NO7S. The third-order valence-electron chi connectivity index (χ3n) is 8.96. The van der Waals surface area contributed by atoms with E-state index in [2.05, 4.69) is 5.32 Å². The largest absolute Gasteiger partial charge is 0.480 e. The number of rotatable bonds is 6. The maximum Gasteiger partial charge on any atom is 0.327 e. The van der Waals surface area contributed by atoms with Crippen molar-refractivity contribution in [2.24, 2.45) is 34.5 Å². The molecule has 4 aliphatic rings. The van der Waals surface area contributed by atoms with Gasteiger partial charge in [0.15, 0.2) is 0 Å². The minimum atomic E-state index is -1.21. The first-order valence-electron chi connectivity index (χ1n) is 11.7. The van der Waals surface area contributed by atoms with Gasteiger partial charge in [-0.15, -0.1) is 11.8 Å². The van der Waals surface area contributed by atoms with Gasteiger partial charge in [-0.1, -0.05) is 6.92 Å². The van der Waals surface area contributed by atoms with E-state index >= 15 is 0 Å². The zero-order valence-corrected chi connectivity index (χ0v) is 19.8. The summed E-state index contributed by atoms with van der Waals surface area (Å²) in [6, 6.07) is -1.18. The highest BCUT2D eigenvalue weighted by atomic mass is 32.2. The molecule has 33 heavy (non-hydrogen) atoms. The Balaban J connectivity index is 1.63. The Morgan fingerprint density at radius 1 is 1.15 bits per heavy atom. The van der Waals surface area contributed by atoms with E-state index < -0.39 is 39.9 Å². The molecule has 0 spiro atoms. The van der Waals surface area contributed by atoms with Crippen molar-refractivity contribution in [2.45, 2.75) is 70.1 Å². The zero-order valence-electron chi connectivity index (χ0n) is 19.0. The zero-order chi connectivity index (χ0) is 24.1. The predicted molar refractivity (Wildman–Crippen MR) is 119 cm³/mol. The summed E-state index contributed by atoms with van der Waals surface area (Å²) in [7, 11) is 0. The highest BCUT2D eigenvalue weighted by molar-refractivity contribution is 8.00. The molecule has 4 rings (SSSR count). The molecule has 0 unspecified atom stereocenters. The van der Waals surface area contributed by atoms with Crippen LogP contribution in [0.2, 0.25) is 0 Å². The van der Waals surface area contributed by atoms with Gasteiger partial charge in [0.05, 0.1) is 5.25 Å². The summed E-state index contributed by atoms with van der Waals surface area (Å²) >= 11 is 1.07. The van der Waals surface area contributed by atoms with Crippen LogP contribution in [0.3, 0.4) is 0 Å². The number of aldehydes is 1. The van der Waals surface area contributed by atoms with Crippen molar-refractivity contribution in [1.29, 1.82) is 0 Å². The Labute approximate surface area is 197 Å². The average Bonchev–Trinajstić information content (AvgIpc) is 3.06. The standard InChI is InChI=1S/C24H31NO7S/c1-12(27)25-16(22(31)32)10-33-21-17(28)6-8-24(11-26)15-5-7-23(2)14(3-4-19(23)30)13(15)9-18(29)20(21)24/h11,13-16,20-21H,3-10H2,1-2H3,(H,25,27)(H,31,32)/t13-,14-,15-,16-,20-,21+,23-,24-/m0/s1. The molecule has 0 radical (unpaired) electrons. The molecule has 4 aliphatic carbocycles. The number of carboxylic acids is 1. The first kappa shape index (κ1) is 24.1. The smallest absolute Gasteiger partial charge is 0.327 e. The minimum Gasteiger partial charge on any atom is -0.480 e. The lowest BCUT2D eigenvalue weighted by atomic mass is 9.44. The van der Waals surface area contributed by atoms with Gasteiger partial charge >= 0.3 is 5.97 Å². The number of carbonyl (C=O) groups is 6. The van der Waals surface area contributed by atoms with Crippen molar-refractivity contribution in [3.63, 3.8) is 0 Å². The number of Topliss-reactive ketones (excluding diaryl/α,β-unsaturated/α-hetero) is 3. The van der Waals surface area contributed by atoms with Gasteiger partial charge in [0.2, 0.25) is 5.91 Å². The molecule has 0 aliphatic heterocycles. The van der Waals surface area contributed by atoms with E-state index in [9.17, 15) is 33.9 Å². The summed E-state index contributed by atoms with van der Waals surface area (Å²) in [4.78, 5) is 74.7. The third kappa shape index (κ3) is 3.76. The van der Waals surface area contributed by atoms with Crippen LogP contribution < -0.4 is 5.32 Å². The van der Waals surface area contributed by atoms with Gasteiger partial charge in [-0.05, 0) is 43.4 Å². The number of carbonyl (C=O) groups excluding carboxylic acids is 5. The summed E-state index contributed by atoms with van der Waals surface area (Å²) in [6.45, 7) is 3.23. The quantitative estimate of drug-likeness (QED) is 0.553. The van der Waals surface area contributed by atoms with Gasteiger partial charge in [0.1, 0.15) is 29.7 Å². The number of thioether (sulfide) groups is 1. The maximum absolute atomic E-state index is 13.5. The van der Waals surface area contributed by atoms with Crippen LogP contribution in [0.1, 0.15) is 58.8 Å². The molecule has 0 aromatic heterocycles. The lowest BCUT2D eigenvalue weighted by molar-refractivity contribution is -0.163. The van der Waals surface area contributed by atoms with Crippen molar-refractivity contribution in [3.05, 3.63) is 0 Å². The van der Waals surface area contributed by atoms with Crippen molar-refractivity contribution in [1.82, 2.24) is 5.32 Å². The minimum absolute atomic E-state index is 0.0332. The highest BCUT2D eigenvalue weighted by Gasteiger charge is 2.66. The van der Waals surface area contributed by atoms with Crippen molar-refractivity contribution in [3.8, 4) is 0 Å². The Hall–Kier alpha value is -2.03. The summed E-state index contributed by atoms with van der Waals surface area (Å²) in [5, 5.41) is 11.0. The predicted octanol–water partition coefficient (Wildman–Crippen LogP) is 1.83. The molecular weight excluding hydrogens is 446 g/mol. The maximum atomic E-state index is 13.5. The van der Waals surface area contributed by atoms with Crippen LogP contribution in [-0.2, 0) is 28.8 Å². The van der Waals surface area contributed by atoms with Crippen LogP contribution in [0.5, 0.6) is 0 Å². The fraction of sp³-hybridized carbons (Fsp3) is 0.750. The second-order valence-corrected chi connectivity index (χ2v) is 11.7. The van der Waals surface area contributed by atoms with E-state index in [1.165, 1.54) is 6.92 Å². The third-order valence-corrected chi connectivity index (χ3v) is 10.4. The van der Waals surface area contributed by atoms with Crippen LogP contribution in [0.15, 0.2) is 0 Å². The summed E-state index contributed by atoms with van der Waals surface area (Å²) in [5.74, 6) is -2.55. The van der Waals surface area contributed by atoms with E-state index in [-0.39, 0.29) is 53.7 Å². The van der Waals surface area contributed by atoms with E-state index in [0.29, 0.717) is 25.7 Å². The van der Waals surface area contributed by atoms with Gasteiger partial charge in [-0.2, -0.15) is 0 Å². The van der Waals surface area contributed by atoms with Gasteiger partial charge in [-0.3, -0.25) is 19.2 Å². The van der Waals surface area contributed by atoms with E-state index in [1.54, 1.807) is 0 Å². The summed E-state index contributed by atoms with van der Waals surface area (Å²) in [6.07, 6.45) is 4.30. The summed E-state index contributed by atoms with van der Waals surface area (Å²) in [5.41, 5.74) is -1.38. The molecule has 4 fully saturated rings. The van der Waals surface area contributed by atoms with Gasteiger partial charge < -0.3 is 15.2 Å². The Kier molecular flexibility index (Phi) is 6.31. The summed E-state index contributed by atoms with van der Waals surface area (Å²) < 4.78 is 0. The molecule has 2 N–H and O–H groups in total. The monoisotopic (exact) mass is 477 g/mol. The Bertz CT molecular complexity index is 918. The van der Waals surface area contributed by atoms with Gasteiger partial charge in [-0.25, -0.2) is 4.79 Å². The van der Waals surface area contributed by atoms with Crippen LogP contribution >= 0.6 is 11.8 Å². The molecule has 0 saturated heterocycles. The number of carboxylic acid groups (broad SMARTS) is 1. The van der Waals surface area contributed by atoms with Crippen molar-refractivity contribution in [2.75, 3.05) is 5.75 Å². The fourth-order valence-corrected chi connectivity index (χ4v) is 8.92. The molecule has 0 heterocycles. The molecule has 8 nitrogen and oxygen atoms in total. The number of hydrogen-bond donors (Lipinski definition) is 2. The molecule has 0 aromatic carbocycles. The molecule has 9 heteroatoms. The molecule has 8 atom stereocenters. The van der Waals surface area contributed by atoms with Crippen molar-refractivity contribution >= 4 is 47.3 Å². The van der Waals surface area contributed by atoms with Crippen molar-refractivity contribution < 1.29 is 33.9 Å². The number of amides is 1. The lowest BCUT2D eigenvalue weighted by Crippen LogP contribution is -2.62. The topological polar surface area (TPSA) is 135 Å². The number of hydrogen-bond acceptors (Lipinski definition) is 7. The van der Waals surface area contributed by atoms with Crippen LogP contribution in [0.25, 0.3) is 0 Å². The van der Waals surface area contributed by atoms with Crippen LogP contribution in [0.4, 0.5) is 0 Å². The molecule has 1 amide bonds. The Morgan fingerprint density at radius 2 is 1.88 bits per heavy atom. The average molecular weight is 478 g/mol. The SMILES string of the molecule is CC(=O)N[C@@H](CS[C@@H]1C(=O)CC[C@]2(C=O)[C@H]3CC[C@]4(C)C(=O)CC[C@H]4[C@@H]3CC(=O)[C@@H]12)C(=O)O. The Morgan fingerprint density at radius 3 is 2.52 bits per heavy atom. The molecule has 180 valence electrons. The lowest BCUT2D eigenvalue weighted by Gasteiger charge is -2.58. The molecule has 4 saturated carbocycles. The molecule has 0 bridgehead atoms. The van der Waals surface area contributed by atoms with Gasteiger partial charge in [0, 0.05) is 48.7 Å². The van der Waals surface area contributed by atoms with Gasteiger partial charge in [0.25, 0.3) is 0 Å². The second-order valence-electron chi connectivity index (χ2n) is 10.5. The van der Waals surface area contributed by atoms with E-state index in [0.717, 1.165) is 24.5 Å². The highest BCUT2D eigenvalue weighted by Crippen LogP contribution is 2.64.